The number of benzene rings is 3. The summed E-state index contributed by atoms with van der Waals surface area (Å²) in [4.78, 5) is 51.2. The SMILES string of the molecule is COc1cc(/C=C2/C(=O)NC(=O)N(c3ccc(O)cc3)C2=O)cc(I)c1OCC(=O)Nc1ccc(C)c(Cl)c1. The molecule has 0 radical (unpaired) electrons. The molecule has 1 heterocycles. The Labute approximate surface area is 241 Å². The molecule has 3 aromatic carbocycles. The molecule has 39 heavy (non-hydrogen) atoms. The van der Waals surface area contributed by atoms with Crippen LogP contribution in [0.2, 0.25) is 5.02 Å². The Morgan fingerprint density at radius 3 is 2.51 bits per heavy atom. The van der Waals surface area contributed by atoms with Crippen LogP contribution in [0.15, 0.2) is 60.2 Å². The first kappa shape index (κ1) is 27.9. The smallest absolute Gasteiger partial charge is 0.335 e. The Morgan fingerprint density at radius 2 is 1.85 bits per heavy atom. The van der Waals surface area contributed by atoms with Gasteiger partial charge in [0.2, 0.25) is 0 Å². The van der Waals surface area contributed by atoms with Crippen LogP contribution in [-0.4, -0.2) is 42.6 Å². The number of hydrogen-bond acceptors (Lipinski definition) is 7. The summed E-state index contributed by atoms with van der Waals surface area (Å²) in [6.45, 7) is 1.54. The van der Waals surface area contributed by atoms with Crippen molar-refractivity contribution in [3.8, 4) is 17.2 Å². The van der Waals surface area contributed by atoms with E-state index >= 15 is 0 Å². The zero-order chi connectivity index (χ0) is 28.3. The molecule has 12 heteroatoms. The predicted molar refractivity (Wildman–Crippen MR) is 153 cm³/mol. The minimum Gasteiger partial charge on any atom is -0.508 e. The van der Waals surface area contributed by atoms with Crippen molar-refractivity contribution in [3.63, 3.8) is 0 Å². The zero-order valence-electron chi connectivity index (χ0n) is 20.6. The number of hydrogen-bond donors (Lipinski definition) is 3. The van der Waals surface area contributed by atoms with Gasteiger partial charge in [0, 0.05) is 10.7 Å². The second kappa shape index (κ2) is 11.7. The van der Waals surface area contributed by atoms with Gasteiger partial charge in [0.1, 0.15) is 11.3 Å². The summed E-state index contributed by atoms with van der Waals surface area (Å²) in [7, 11) is 1.41. The van der Waals surface area contributed by atoms with Crippen molar-refractivity contribution < 1.29 is 33.8 Å². The lowest BCUT2D eigenvalue weighted by Crippen LogP contribution is -2.54. The van der Waals surface area contributed by atoms with E-state index in [0.29, 0.717) is 19.8 Å². The second-order valence-corrected chi connectivity index (χ2v) is 9.88. The number of urea groups is 1. The maximum absolute atomic E-state index is 13.1. The van der Waals surface area contributed by atoms with Crippen LogP contribution in [0.1, 0.15) is 11.1 Å². The van der Waals surface area contributed by atoms with Gasteiger partial charge >= 0.3 is 6.03 Å². The van der Waals surface area contributed by atoms with Gasteiger partial charge in [0.25, 0.3) is 17.7 Å². The normalized spacial score (nSPS) is 14.3. The highest BCUT2D eigenvalue weighted by Crippen LogP contribution is 2.35. The largest absolute Gasteiger partial charge is 0.508 e. The average Bonchev–Trinajstić information content (AvgIpc) is 2.88. The van der Waals surface area contributed by atoms with E-state index in [-0.39, 0.29) is 35.1 Å². The summed E-state index contributed by atoms with van der Waals surface area (Å²) in [5, 5.41) is 14.9. The molecule has 0 aromatic heterocycles. The van der Waals surface area contributed by atoms with Gasteiger partial charge in [0.15, 0.2) is 18.1 Å². The number of barbiturate groups is 1. The van der Waals surface area contributed by atoms with Gasteiger partial charge < -0.3 is 19.9 Å². The fourth-order valence-corrected chi connectivity index (χ4v) is 4.59. The van der Waals surface area contributed by atoms with Crippen molar-refractivity contribution in [1.29, 1.82) is 0 Å². The minimum atomic E-state index is -0.907. The van der Waals surface area contributed by atoms with E-state index in [9.17, 15) is 24.3 Å². The van der Waals surface area contributed by atoms with Crippen LogP contribution in [-0.2, 0) is 14.4 Å². The van der Waals surface area contributed by atoms with Crippen LogP contribution in [0, 0.1) is 10.5 Å². The Morgan fingerprint density at radius 1 is 1.13 bits per heavy atom. The van der Waals surface area contributed by atoms with E-state index in [0.717, 1.165) is 10.5 Å². The number of imide groups is 2. The molecule has 0 spiro atoms. The molecule has 3 N–H and O–H groups in total. The third-order valence-corrected chi connectivity index (χ3v) is 6.78. The quantitative estimate of drug-likeness (QED) is 0.191. The number of carbonyl (C=O) groups excluding carboxylic acids is 4. The number of anilines is 2. The first-order chi connectivity index (χ1) is 18.6. The molecule has 1 aliphatic rings. The molecule has 1 aliphatic heterocycles. The van der Waals surface area contributed by atoms with Gasteiger partial charge in [-0.1, -0.05) is 17.7 Å². The van der Waals surface area contributed by atoms with Crippen LogP contribution in [0.3, 0.4) is 0 Å². The van der Waals surface area contributed by atoms with Crippen molar-refractivity contribution in [2.75, 3.05) is 23.9 Å². The van der Waals surface area contributed by atoms with Crippen molar-refractivity contribution >= 4 is 75.4 Å². The number of carbonyl (C=O) groups is 4. The highest BCUT2D eigenvalue weighted by Gasteiger charge is 2.36. The molecular weight excluding hydrogens is 641 g/mol. The van der Waals surface area contributed by atoms with Gasteiger partial charge in [-0.05, 0) is 95.2 Å². The van der Waals surface area contributed by atoms with E-state index in [1.54, 1.807) is 24.3 Å². The summed E-state index contributed by atoms with van der Waals surface area (Å²) in [5.74, 6) is -1.61. The Bertz CT molecular complexity index is 1520. The molecule has 0 aliphatic carbocycles. The molecule has 1 fully saturated rings. The number of phenolic OH excluding ortho intramolecular Hbond substituents is 1. The zero-order valence-corrected chi connectivity index (χ0v) is 23.5. The molecule has 0 bridgehead atoms. The first-order valence-corrected chi connectivity index (χ1v) is 12.8. The van der Waals surface area contributed by atoms with Crippen LogP contribution >= 0.6 is 34.2 Å². The number of ether oxygens (including phenoxy) is 2. The Kier molecular flexibility index (Phi) is 8.41. The number of amides is 5. The molecule has 4 rings (SSSR count). The molecule has 3 aromatic rings. The van der Waals surface area contributed by atoms with Gasteiger partial charge in [0.05, 0.1) is 16.4 Å². The molecule has 10 nitrogen and oxygen atoms in total. The van der Waals surface area contributed by atoms with Gasteiger partial charge in [-0.25, -0.2) is 9.69 Å². The van der Waals surface area contributed by atoms with E-state index in [2.05, 4.69) is 10.6 Å². The number of aryl methyl sites for hydroxylation is 1. The molecular formula is C27H21ClIN3O7. The fourth-order valence-electron chi connectivity index (χ4n) is 3.63. The standard InChI is InChI=1S/C27H21ClIN3O7/c1-14-3-4-16(12-20(14)28)30-23(34)13-39-24-21(29)10-15(11-22(24)38-2)9-19-25(35)31-27(37)32(26(19)36)17-5-7-18(33)8-6-17/h3-12,33H,13H2,1-2H3,(H,30,34)(H,31,35,37)/b19-9-. The maximum Gasteiger partial charge on any atom is 0.335 e. The summed E-state index contributed by atoms with van der Waals surface area (Å²) in [6.07, 6.45) is 1.32. The van der Waals surface area contributed by atoms with E-state index in [1.165, 1.54) is 43.5 Å². The molecule has 0 unspecified atom stereocenters. The van der Waals surface area contributed by atoms with Gasteiger partial charge in [-0.2, -0.15) is 0 Å². The number of methoxy groups -OCH3 is 1. The van der Waals surface area contributed by atoms with Crippen molar-refractivity contribution in [3.05, 3.63) is 79.9 Å². The lowest BCUT2D eigenvalue weighted by Gasteiger charge is -2.26. The summed E-state index contributed by atoms with van der Waals surface area (Å²) >= 11 is 8.09. The van der Waals surface area contributed by atoms with Crippen LogP contribution in [0.25, 0.3) is 6.08 Å². The molecule has 1 saturated heterocycles. The number of nitrogens with one attached hydrogen (secondary N) is 2. The fraction of sp³-hybridized carbons (Fsp3) is 0.111. The summed E-state index contributed by atoms with van der Waals surface area (Å²) in [6, 6.07) is 12.8. The number of aromatic hydroxyl groups is 1. The number of halogens is 2. The van der Waals surface area contributed by atoms with Crippen molar-refractivity contribution in [2.45, 2.75) is 6.92 Å². The Hall–Kier alpha value is -4.10. The van der Waals surface area contributed by atoms with Crippen LogP contribution < -0.4 is 25.0 Å². The van der Waals surface area contributed by atoms with Gasteiger partial charge in [-0.3, -0.25) is 19.7 Å². The van der Waals surface area contributed by atoms with E-state index < -0.39 is 23.8 Å². The third-order valence-electron chi connectivity index (χ3n) is 5.58. The Balaban J connectivity index is 1.54. The number of phenols is 1. The van der Waals surface area contributed by atoms with Crippen LogP contribution in [0.4, 0.5) is 16.2 Å². The van der Waals surface area contributed by atoms with E-state index in [4.69, 9.17) is 21.1 Å². The average molecular weight is 662 g/mol. The van der Waals surface area contributed by atoms with Gasteiger partial charge in [-0.15, -0.1) is 0 Å². The predicted octanol–water partition coefficient (Wildman–Crippen LogP) is 4.65. The summed E-state index contributed by atoms with van der Waals surface area (Å²) in [5.41, 5.74) is 1.72. The number of rotatable bonds is 7. The molecule has 0 saturated carbocycles. The minimum absolute atomic E-state index is 0.0449. The van der Waals surface area contributed by atoms with Crippen molar-refractivity contribution in [1.82, 2.24) is 5.32 Å². The topological polar surface area (TPSA) is 134 Å². The molecule has 0 atom stereocenters. The maximum atomic E-state index is 13.1. The van der Waals surface area contributed by atoms with Crippen LogP contribution in [0.5, 0.6) is 17.2 Å². The molecule has 5 amide bonds. The van der Waals surface area contributed by atoms with E-state index in [1.807, 2.05) is 29.5 Å². The highest BCUT2D eigenvalue weighted by molar-refractivity contribution is 14.1. The lowest BCUT2D eigenvalue weighted by atomic mass is 10.1. The highest BCUT2D eigenvalue weighted by atomic mass is 127. The summed E-state index contributed by atoms with van der Waals surface area (Å²) < 4.78 is 11.7. The first-order valence-electron chi connectivity index (χ1n) is 11.3. The lowest BCUT2D eigenvalue weighted by molar-refractivity contribution is -0.122. The second-order valence-electron chi connectivity index (χ2n) is 8.31. The molecule has 200 valence electrons. The number of nitrogens with zero attached hydrogens (tertiary/aromatic N) is 1. The monoisotopic (exact) mass is 661 g/mol. The van der Waals surface area contributed by atoms with Crippen molar-refractivity contribution in [2.24, 2.45) is 0 Å². The third kappa shape index (κ3) is 6.32.